The standard InChI is InChI=1S/C12H16BrFO3S/c1-2-18(16,17)7-3-4-12(15)9-5-6-10(13)11(14)8-9/h5-6,8,12,15H,2-4,7H2,1H3. The van der Waals surface area contributed by atoms with Gasteiger partial charge in [0.2, 0.25) is 0 Å². The Kier molecular flexibility index (Phi) is 5.75. The molecule has 0 spiro atoms. The van der Waals surface area contributed by atoms with Gasteiger partial charge in [0.05, 0.1) is 16.3 Å². The number of benzene rings is 1. The molecule has 1 rings (SSSR count). The zero-order valence-electron chi connectivity index (χ0n) is 10.1. The average Bonchev–Trinajstić information content (AvgIpc) is 2.32. The summed E-state index contributed by atoms with van der Waals surface area (Å²) >= 11 is 3.03. The molecule has 102 valence electrons. The minimum absolute atomic E-state index is 0.0551. The van der Waals surface area contributed by atoms with E-state index in [1.807, 2.05) is 0 Å². The lowest BCUT2D eigenvalue weighted by molar-refractivity contribution is 0.166. The van der Waals surface area contributed by atoms with Crippen LogP contribution in [0.2, 0.25) is 0 Å². The van der Waals surface area contributed by atoms with Gasteiger partial charge in [0.15, 0.2) is 0 Å². The third-order valence-corrected chi connectivity index (χ3v) is 5.13. The lowest BCUT2D eigenvalue weighted by Gasteiger charge is -2.11. The number of aliphatic hydroxyl groups is 1. The van der Waals surface area contributed by atoms with Gasteiger partial charge >= 0.3 is 0 Å². The molecule has 0 bridgehead atoms. The maximum atomic E-state index is 13.3. The second-order valence-corrected chi connectivity index (χ2v) is 7.40. The van der Waals surface area contributed by atoms with Crippen molar-refractivity contribution >= 4 is 25.8 Å². The molecule has 0 heterocycles. The number of hydrogen-bond acceptors (Lipinski definition) is 3. The van der Waals surface area contributed by atoms with Gasteiger partial charge in [0, 0.05) is 5.75 Å². The van der Waals surface area contributed by atoms with E-state index < -0.39 is 21.8 Å². The van der Waals surface area contributed by atoms with Crippen molar-refractivity contribution in [1.82, 2.24) is 0 Å². The predicted octanol–water partition coefficient (Wildman–Crippen LogP) is 2.84. The number of sulfone groups is 1. The third-order valence-electron chi connectivity index (χ3n) is 2.70. The van der Waals surface area contributed by atoms with E-state index in [2.05, 4.69) is 15.9 Å². The van der Waals surface area contributed by atoms with Gasteiger partial charge in [-0.05, 0) is 46.5 Å². The first-order valence-electron chi connectivity index (χ1n) is 5.69. The van der Waals surface area contributed by atoms with Crippen LogP contribution in [0.25, 0.3) is 0 Å². The second-order valence-electron chi connectivity index (χ2n) is 4.07. The molecule has 1 aromatic rings. The van der Waals surface area contributed by atoms with E-state index in [9.17, 15) is 17.9 Å². The zero-order chi connectivity index (χ0) is 13.8. The first-order chi connectivity index (χ1) is 8.35. The van der Waals surface area contributed by atoms with Crippen LogP contribution in [0.4, 0.5) is 4.39 Å². The minimum Gasteiger partial charge on any atom is -0.388 e. The first kappa shape index (κ1) is 15.6. The van der Waals surface area contributed by atoms with Crippen LogP contribution in [0.15, 0.2) is 22.7 Å². The van der Waals surface area contributed by atoms with Gasteiger partial charge < -0.3 is 5.11 Å². The summed E-state index contributed by atoms with van der Waals surface area (Å²) in [4.78, 5) is 0. The Balaban J connectivity index is 2.55. The Morgan fingerprint density at radius 1 is 1.44 bits per heavy atom. The molecule has 0 aliphatic carbocycles. The average molecular weight is 339 g/mol. The van der Waals surface area contributed by atoms with Crippen molar-refractivity contribution in [1.29, 1.82) is 0 Å². The quantitative estimate of drug-likeness (QED) is 0.867. The third kappa shape index (κ3) is 4.66. The van der Waals surface area contributed by atoms with Gasteiger partial charge in [-0.1, -0.05) is 13.0 Å². The van der Waals surface area contributed by atoms with Gasteiger partial charge in [-0.3, -0.25) is 0 Å². The summed E-state index contributed by atoms with van der Waals surface area (Å²) in [5.41, 5.74) is 0.463. The van der Waals surface area contributed by atoms with Crippen molar-refractivity contribution in [3.8, 4) is 0 Å². The van der Waals surface area contributed by atoms with Crippen molar-refractivity contribution in [2.24, 2.45) is 0 Å². The van der Waals surface area contributed by atoms with Gasteiger partial charge in [-0.25, -0.2) is 12.8 Å². The van der Waals surface area contributed by atoms with Gasteiger partial charge in [0.1, 0.15) is 15.7 Å². The minimum atomic E-state index is -3.00. The molecule has 6 heteroatoms. The Bertz CT molecular complexity index is 502. The fourth-order valence-corrected chi connectivity index (χ4v) is 2.67. The molecule has 0 saturated heterocycles. The number of halogens is 2. The van der Waals surface area contributed by atoms with E-state index in [0.717, 1.165) is 0 Å². The van der Waals surface area contributed by atoms with Crippen molar-refractivity contribution in [2.75, 3.05) is 11.5 Å². The maximum Gasteiger partial charge on any atom is 0.150 e. The van der Waals surface area contributed by atoms with Crippen molar-refractivity contribution < 1.29 is 17.9 Å². The van der Waals surface area contributed by atoms with Crippen LogP contribution in [0.3, 0.4) is 0 Å². The van der Waals surface area contributed by atoms with E-state index in [1.54, 1.807) is 13.0 Å². The molecule has 3 nitrogen and oxygen atoms in total. The van der Waals surface area contributed by atoms with E-state index in [4.69, 9.17) is 0 Å². The Labute approximate surface area is 115 Å². The van der Waals surface area contributed by atoms with Gasteiger partial charge in [-0.2, -0.15) is 0 Å². The second kappa shape index (κ2) is 6.63. The number of aliphatic hydroxyl groups excluding tert-OH is 1. The van der Waals surface area contributed by atoms with Crippen molar-refractivity contribution in [3.05, 3.63) is 34.1 Å². The van der Waals surface area contributed by atoms with Gasteiger partial charge in [-0.15, -0.1) is 0 Å². The zero-order valence-corrected chi connectivity index (χ0v) is 12.5. The first-order valence-corrected chi connectivity index (χ1v) is 8.30. The van der Waals surface area contributed by atoms with Crippen LogP contribution in [-0.2, 0) is 9.84 Å². The molecular formula is C12H16BrFO3S. The Morgan fingerprint density at radius 2 is 2.11 bits per heavy atom. The molecule has 0 amide bonds. The molecule has 1 N–H and O–H groups in total. The molecule has 0 radical (unpaired) electrons. The monoisotopic (exact) mass is 338 g/mol. The van der Waals surface area contributed by atoms with Crippen LogP contribution in [0.1, 0.15) is 31.4 Å². The van der Waals surface area contributed by atoms with Crippen LogP contribution < -0.4 is 0 Å². The molecule has 0 aliphatic rings. The van der Waals surface area contributed by atoms with Gasteiger partial charge in [0.25, 0.3) is 0 Å². The highest BCUT2D eigenvalue weighted by Gasteiger charge is 2.12. The number of hydrogen-bond donors (Lipinski definition) is 1. The molecule has 1 unspecified atom stereocenters. The summed E-state index contributed by atoms with van der Waals surface area (Å²) in [6.07, 6.45) is -0.158. The highest BCUT2D eigenvalue weighted by atomic mass is 79.9. The van der Waals surface area contributed by atoms with Crippen LogP contribution in [0, 0.1) is 5.82 Å². The van der Waals surface area contributed by atoms with Crippen LogP contribution in [0.5, 0.6) is 0 Å². The Morgan fingerprint density at radius 3 is 2.67 bits per heavy atom. The summed E-state index contributed by atoms with van der Waals surface area (Å²) in [7, 11) is -3.00. The lowest BCUT2D eigenvalue weighted by Crippen LogP contribution is -2.10. The fraction of sp³-hybridized carbons (Fsp3) is 0.500. The largest absolute Gasteiger partial charge is 0.388 e. The maximum absolute atomic E-state index is 13.3. The molecular weight excluding hydrogens is 323 g/mol. The van der Waals surface area contributed by atoms with E-state index in [0.29, 0.717) is 22.9 Å². The number of rotatable bonds is 6. The van der Waals surface area contributed by atoms with Crippen LogP contribution >= 0.6 is 15.9 Å². The fourth-order valence-electron chi connectivity index (χ4n) is 1.53. The molecule has 0 saturated carbocycles. The lowest BCUT2D eigenvalue weighted by atomic mass is 10.1. The summed E-state index contributed by atoms with van der Waals surface area (Å²) < 4.78 is 36.1. The van der Waals surface area contributed by atoms with E-state index >= 15 is 0 Å². The van der Waals surface area contributed by atoms with Crippen molar-refractivity contribution in [2.45, 2.75) is 25.9 Å². The summed E-state index contributed by atoms with van der Waals surface area (Å²) in [5, 5.41) is 9.83. The van der Waals surface area contributed by atoms with E-state index in [-0.39, 0.29) is 11.5 Å². The topological polar surface area (TPSA) is 54.4 Å². The SMILES string of the molecule is CCS(=O)(=O)CCCC(O)c1ccc(Br)c(F)c1. The molecule has 0 aliphatic heterocycles. The molecule has 1 aromatic carbocycles. The predicted molar refractivity (Wildman–Crippen MR) is 72.6 cm³/mol. The summed E-state index contributed by atoms with van der Waals surface area (Å²) in [6, 6.07) is 4.39. The van der Waals surface area contributed by atoms with Crippen LogP contribution in [-0.4, -0.2) is 25.0 Å². The summed E-state index contributed by atoms with van der Waals surface area (Å²) in [5.74, 6) is -0.275. The molecule has 0 fully saturated rings. The smallest absolute Gasteiger partial charge is 0.150 e. The van der Waals surface area contributed by atoms with Crippen molar-refractivity contribution in [3.63, 3.8) is 0 Å². The Hall–Kier alpha value is -0.460. The highest BCUT2D eigenvalue weighted by molar-refractivity contribution is 9.10. The highest BCUT2D eigenvalue weighted by Crippen LogP contribution is 2.23. The molecule has 0 aromatic heterocycles. The summed E-state index contributed by atoms with van der Waals surface area (Å²) in [6.45, 7) is 1.59. The van der Waals surface area contributed by atoms with E-state index in [1.165, 1.54) is 12.1 Å². The molecule has 18 heavy (non-hydrogen) atoms. The molecule has 1 atom stereocenters. The normalized spacial score (nSPS) is 13.6.